The molecule has 1 unspecified atom stereocenters. The van der Waals surface area contributed by atoms with E-state index in [4.69, 9.17) is 21.1 Å². The second kappa shape index (κ2) is 8.46. The van der Waals surface area contributed by atoms with Crippen LogP contribution in [0, 0.1) is 5.41 Å². The minimum absolute atomic E-state index is 0.0143. The Bertz CT molecular complexity index is 775. The number of halogens is 1. The van der Waals surface area contributed by atoms with Crippen molar-refractivity contribution in [1.82, 2.24) is 0 Å². The summed E-state index contributed by atoms with van der Waals surface area (Å²) in [5.41, 5.74) is 3.89. The van der Waals surface area contributed by atoms with E-state index in [2.05, 4.69) is 42.5 Å². The Hall–Kier alpha value is -2.19. The van der Waals surface area contributed by atoms with Crippen LogP contribution >= 0.6 is 11.6 Å². The van der Waals surface area contributed by atoms with Crippen molar-refractivity contribution in [3.63, 3.8) is 0 Å². The van der Waals surface area contributed by atoms with E-state index in [0.717, 1.165) is 30.8 Å². The number of rotatable bonds is 7. The molecule has 0 amide bonds. The van der Waals surface area contributed by atoms with Gasteiger partial charge in [-0.15, -0.1) is 11.6 Å². The Balaban J connectivity index is 1.65. The highest BCUT2D eigenvalue weighted by Crippen LogP contribution is 2.36. The van der Waals surface area contributed by atoms with Crippen LogP contribution in [0.2, 0.25) is 0 Å². The van der Waals surface area contributed by atoms with Crippen molar-refractivity contribution in [2.75, 3.05) is 20.1 Å². The van der Waals surface area contributed by atoms with Gasteiger partial charge in [0.1, 0.15) is 11.5 Å². The first-order valence-corrected chi connectivity index (χ1v) is 9.40. The Kier molecular flexibility index (Phi) is 6.05. The zero-order valence-electron chi connectivity index (χ0n) is 15.4. The van der Waals surface area contributed by atoms with E-state index in [0.29, 0.717) is 5.88 Å². The second-order valence-electron chi connectivity index (χ2n) is 6.86. The van der Waals surface area contributed by atoms with E-state index in [9.17, 15) is 0 Å². The molecule has 0 heterocycles. The van der Waals surface area contributed by atoms with E-state index in [1.54, 1.807) is 14.2 Å². The van der Waals surface area contributed by atoms with Gasteiger partial charge in [0.2, 0.25) is 0 Å². The monoisotopic (exact) mass is 368 g/mol. The van der Waals surface area contributed by atoms with Crippen LogP contribution in [0.5, 0.6) is 11.5 Å². The van der Waals surface area contributed by atoms with E-state index in [-0.39, 0.29) is 5.41 Å². The summed E-state index contributed by atoms with van der Waals surface area (Å²) in [6, 6.07) is 16.5. The molecule has 2 nitrogen and oxygen atoms in total. The van der Waals surface area contributed by atoms with Crippen LogP contribution in [0.3, 0.4) is 0 Å². The average Bonchev–Trinajstić information content (AvgIpc) is 2.71. The molecule has 0 saturated heterocycles. The van der Waals surface area contributed by atoms with Gasteiger partial charge in [0, 0.05) is 11.3 Å². The summed E-state index contributed by atoms with van der Waals surface area (Å²) < 4.78 is 10.5. The number of ether oxygens (including phenoxy) is 2. The van der Waals surface area contributed by atoms with Crippen LogP contribution in [0.15, 0.2) is 72.3 Å². The maximum atomic E-state index is 6.37. The van der Waals surface area contributed by atoms with E-state index in [1.807, 2.05) is 24.3 Å². The van der Waals surface area contributed by atoms with E-state index in [1.165, 1.54) is 16.7 Å². The zero-order valence-corrected chi connectivity index (χ0v) is 16.1. The molecule has 0 saturated carbocycles. The number of allylic oxidation sites excluding steroid dienone is 4. The first-order valence-electron chi connectivity index (χ1n) is 8.86. The molecule has 3 heteroatoms. The van der Waals surface area contributed by atoms with E-state index < -0.39 is 0 Å². The fourth-order valence-corrected chi connectivity index (χ4v) is 3.58. The normalized spacial score (nSPS) is 19.1. The quantitative estimate of drug-likeness (QED) is 0.592. The Morgan fingerprint density at radius 2 is 1.46 bits per heavy atom. The number of benzene rings is 2. The third kappa shape index (κ3) is 4.50. The fraction of sp³-hybridized carbons (Fsp3) is 0.304. The third-order valence-corrected chi connectivity index (χ3v) is 5.50. The number of hydrogen-bond donors (Lipinski definition) is 0. The number of alkyl halides is 1. The fourth-order valence-electron chi connectivity index (χ4n) is 3.29. The maximum absolute atomic E-state index is 6.37. The Morgan fingerprint density at radius 3 is 1.92 bits per heavy atom. The zero-order chi connectivity index (χ0) is 18.4. The summed E-state index contributed by atoms with van der Waals surface area (Å²) >= 11 is 6.37. The second-order valence-corrected chi connectivity index (χ2v) is 7.13. The van der Waals surface area contributed by atoms with Crippen molar-refractivity contribution < 1.29 is 9.47 Å². The smallest absolute Gasteiger partial charge is 0.118 e. The van der Waals surface area contributed by atoms with Gasteiger partial charge in [-0.3, -0.25) is 0 Å². The predicted molar refractivity (Wildman–Crippen MR) is 108 cm³/mol. The summed E-state index contributed by atoms with van der Waals surface area (Å²) in [6.45, 7) is 0. The maximum Gasteiger partial charge on any atom is 0.118 e. The molecular weight excluding hydrogens is 344 g/mol. The molecule has 136 valence electrons. The van der Waals surface area contributed by atoms with Crippen molar-refractivity contribution in [1.29, 1.82) is 0 Å². The molecule has 0 spiro atoms. The molecule has 1 aliphatic carbocycles. The van der Waals surface area contributed by atoms with Gasteiger partial charge in [-0.05, 0) is 60.2 Å². The highest BCUT2D eigenvalue weighted by atomic mass is 35.5. The van der Waals surface area contributed by atoms with Crippen molar-refractivity contribution in [2.45, 2.75) is 19.3 Å². The molecule has 0 aliphatic heterocycles. The van der Waals surface area contributed by atoms with Crippen molar-refractivity contribution in [3.8, 4) is 11.5 Å². The standard InChI is InChI=1S/C23H25ClO2/c1-25-21-7-3-18(4-8-21)15-19-11-13-23(17-24,14-12-19)16-20-5-9-22(26-2)10-6-20/h3-13H,14-17H2,1-2H3. The summed E-state index contributed by atoms with van der Waals surface area (Å²) in [5.74, 6) is 2.39. The minimum Gasteiger partial charge on any atom is -0.497 e. The Morgan fingerprint density at radius 1 is 0.885 bits per heavy atom. The lowest BCUT2D eigenvalue weighted by Gasteiger charge is -2.30. The van der Waals surface area contributed by atoms with Gasteiger partial charge >= 0.3 is 0 Å². The molecule has 0 fully saturated rings. The van der Waals surface area contributed by atoms with Crippen molar-refractivity contribution in [2.24, 2.45) is 5.41 Å². The molecular formula is C23H25ClO2. The van der Waals surface area contributed by atoms with Gasteiger partial charge in [-0.25, -0.2) is 0 Å². The molecule has 0 aromatic heterocycles. The van der Waals surface area contributed by atoms with Gasteiger partial charge in [-0.2, -0.15) is 0 Å². The van der Waals surface area contributed by atoms with Crippen LogP contribution in [0.25, 0.3) is 0 Å². The minimum atomic E-state index is -0.0143. The first kappa shape index (κ1) is 18.6. The summed E-state index contributed by atoms with van der Waals surface area (Å²) in [6.07, 6.45) is 9.69. The van der Waals surface area contributed by atoms with Crippen LogP contribution in [-0.4, -0.2) is 20.1 Å². The average molecular weight is 369 g/mol. The van der Waals surface area contributed by atoms with Gasteiger partial charge < -0.3 is 9.47 Å². The first-order chi connectivity index (χ1) is 12.7. The highest BCUT2D eigenvalue weighted by Gasteiger charge is 2.27. The lowest BCUT2D eigenvalue weighted by atomic mass is 9.76. The van der Waals surface area contributed by atoms with Gasteiger partial charge in [0.05, 0.1) is 14.2 Å². The van der Waals surface area contributed by atoms with Gasteiger partial charge in [-0.1, -0.05) is 42.5 Å². The molecule has 2 aromatic carbocycles. The van der Waals surface area contributed by atoms with Gasteiger partial charge in [0.25, 0.3) is 0 Å². The van der Waals surface area contributed by atoms with Crippen LogP contribution < -0.4 is 9.47 Å². The molecule has 0 radical (unpaired) electrons. The van der Waals surface area contributed by atoms with Crippen molar-refractivity contribution >= 4 is 11.6 Å². The predicted octanol–water partition coefficient (Wildman–Crippen LogP) is 5.60. The SMILES string of the molecule is COc1ccc(CC2=CCC(CCl)(Cc3ccc(OC)cc3)C=C2)cc1. The topological polar surface area (TPSA) is 18.5 Å². The number of methoxy groups -OCH3 is 2. The lowest BCUT2D eigenvalue weighted by Crippen LogP contribution is -2.24. The summed E-state index contributed by atoms with van der Waals surface area (Å²) in [4.78, 5) is 0. The molecule has 1 atom stereocenters. The van der Waals surface area contributed by atoms with E-state index >= 15 is 0 Å². The molecule has 1 aliphatic rings. The number of hydrogen-bond acceptors (Lipinski definition) is 2. The largest absolute Gasteiger partial charge is 0.497 e. The molecule has 3 rings (SSSR count). The molecule has 26 heavy (non-hydrogen) atoms. The summed E-state index contributed by atoms with van der Waals surface area (Å²) in [7, 11) is 3.38. The molecule has 2 aromatic rings. The van der Waals surface area contributed by atoms with Crippen LogP contribution in [0.1, 0.15) is 17.5 Å². The summed E-state index contributed by atoms with van der Waals surface area (Å²) in [5, 5.41) is 0. The van der Waals surface area contributed by atoms with Crippen molar-refractivity contribution in [3.05, 3.63) is 83.5 Å². The van der Waals surface area contributed by atoms with Gasteiger partial charge in [0.15, 0.2) is 0 Å². The van der Waals surface area contributed by atoms with Crippen LogP contribution in [0.4, 0.5) is 0 Å². The third-order valence-electron chi connectivity index (χ3n) is 4.97. The molecule has 0 N–H and O–H groups in total. The lowest BCUT2D eigenvalue weighted by molar-refractivity contribution is 0.412. The molecule has 0 bridgehead atoms. The van der Waals surface area contributed by atoms with Crippen LogP contribution in [-0.2, 0) is 12.8 Å². The highest BCUT2D eigenvalue weighted by molar-refractivity contribution is 6.18. The Labute approximate surface area is 161 Å².